The summed E-state index contributed by atoms with van der Waals surface area (Å²) in [6.07, 6.45) is 1.81. The number of hydrogen-bond donors (Lipinski definition) is 0. The van der Waals surface area contributed by atoms with Crippen LogP contribution in [0.4, 0.5) is 17.1 Å². The zero-order valence-corrected chi connectivity index (χ0v) is 18.5. The van der Waals surface area contributed by atoms with Gasteiger partial charge in [-0.1, -0.05) is 54.6 Å². The van der Waals surface area contributed by atoms with E-state index in [0.717, 1.165) is 45.3 Å². The molecule has 2 heterocycles. The van der Waals surface area contributed by atoms with E-state index >= 15 is 0 Å². The molecule has 2 aromatic heterocycles. The third kappa shape index (κ3) is 3.61. The molecule has 0 amide bonds. The zero-order chi connectivity index (χ0) is 22.7. The summed E-state index contributed by atoms with van der Waals surface area (Å²) in [6.45, 7) is 0. The normalized spacial score (nSPS) is 10.9. The first-order chi connectivity index (χ1) is 16.9. The van der Waals surface area contributed by atoms with Crippen molar-refractivity contribution in [3.8, 4) is 17.1 Å². The summed E-state index contributed by atoms with van der Waals surface area (Å²) in [4.78, 5) is 11.8. The molecular formula is C30H22N4. The lowest BCUT2D eigenvalue weighted by atomic mass is 10.1. The van der Waals surface area contributed by atoms with E-state index in [1.807, 2.05) is 48.7 Å². The Morgan fingerprint density at radius 3 is 1.71 bits per heavy atom. The monoisotopic (exact) mass is 438 g/mol. The number of benzene rings is 4. The number of aromatic nitrogens is 3. The molecule has 4 heteroatoms. The van der Waals surface area contributed by atoms with E-state index in [-0.39, 0.29) is 0 Å². The van der Waals surface area contributed by atoms with Crippen molar-refractivity contribution in [2.45, 2.75) is 0 Å². The molecule has 0 radical (unpaired) electrons. The van der Waals surface area contributed by atoms with Crippen LogP contribution in [0.2, 0.25) is 0 Å². The highest BCUT2D eigenvalue weighted by Crippen LogP contribution is 2.36. The van der Waals surface area contributed by atoms with Gasteiger partial charge in [0, 0.05) is 34.5 Å². The van der Waals surface area contributed by atoms with Gasteiger partial charge in [0.15, 0.2) is 5.65 Å². The van der Waals surface area contributed by atoms with E-state index in [9.17, 15) is 0 Å². The molecule has 0 N–H and O–H groups in total. The van der Waals surface area contributed by atoms with Gasteiger partial charge in [-0.3, -0.25) is 4.57 Å². The number of nitrogens with zero attached hydrogens (tertiary/aromatic N) is 4. The van der Waals surface area contributed by atoms with Crippen LogP contribution in [-0.2, 0) is 0 Å². The third-order valence-corrected chi connectivity index (χ3v) is 5.84. The summed E-state index contributed by atoms with van der Waals surface area (Å²) in [5.74, 6) is 0.873. The Balaban J connectivity index is 1.47. The fourth-order valence-electron chi connectivity index (χ4n) is 4.29. The molecule has 0 spiro atoms. The molecule has 6 rings (SSSR count). The first kappa shape index (κ1) is 19.9. The van der Waals surface area contributed by atoms with Crippen molar-refractivity contribution in [2.75, 3.05) is 4.90 Å². The third-order valence-electron chi connectivity index (χ3n) is 5.84. The molecular weight excluding hydrogens is 416 g/mol. The Morgan fingerprint density at radius 1 is 0.529 bits per heavy atom. The second-order valence-corrected chi connectivity index (χ2v) is 8.01. The van der Waals surface area contributed by atoms with E-state index in [2.05, 4.69) is 99.4 Å². The first-order valence-electron chi connectivity index (χ1n) is 11.3. The molecule has 0 aliphatic carbocycles. The van der Waals surface area contributed by atoms with Crippen molar-refractivity contribution in [3.63, 3.8) is 0 Å². The second kappa shape index (κ2) is 8.68. The van der Waals surface area contributed by atoms with Gasteiger partial charge in [0.25, 0.3) is 0 Å². The minimum absolute atomic E-state index is 0.850. The van der Waals surface area contributed by atoms with Gasteiger partial charge in [-0.25, -0.2) is 9.97 Å². The lowest BCUT2D eigenvalue weighted by Crippen LogP contribution is -2.09. The van der Waals surface area contributed by atoms with Crippen molar-refractivity contribution < 1.29 is 0 Å². The fraction of sp³-hybridized carbons (Fsp3) is 0. The minimum Gasteiger partial charge on any atom is -0.311 e. The van der Waals surface area contributed by atoms with Crippen LogP contribution in [0.25, 0.3) is 28.2 Å². The number of rotatable bonds is 5. The van der Waals surface area contributed by atoms with E-state index in [4.69, 9.17) is 4.98 Å². The molecule has 34 heavy (non-hydrogen) atoms. The van der Waals surface area contributed by atoms with E-state index in [1.165, 1.54) is 0 Å². The van der Waals surface area contributed by atoms with Gasteiger partial charge in [0.2, 0.25) is 0 Å². The van der Waals surface area contributed by atoms with Gasteiger partial charge < -0.3 is 4.90 Å². The lowest BCUT2D eigenvalue weighted by molar-refractivity contribution is 1.08. The molecule has 0 bridgehead atoms. The summed E-state index contributed by atoms with van der Waals surface area (Å²) < 4.78 is 2.12. The molecule has 0 aliphatic heterocycles. The van der Waals surface area contributed by atoms with Crippen molar-refractivity contribution in [2.24, 2.45) is 0 Å². The number of hydrogen-bond acceptors (Lipinski definition) is 3. The molecule has 4 nitrogen and oxygen atoms in total. The molecule has 0 saturated carbocycles. The molecule has 0 aliphatic rings. The van der Waals surface area contributed by atoms with Gasteiger partial charge >= 0.3 is 0 Å². The highest BCUT2D eigenvalue weighted by molar-refractivity contribution is 5.82. The summed E-state index contributed by atoms with van der Waals surface area (Å²) in [5, 5.41) is 0. The van der Waals surface area contributed by atoms with E-state index < -0.39 is 0 Å². The molecule has 162 valence electrons. The predicted molar refractivity (Wildman–Crippen MR) is 139 cm³/mol. The maximum atomic E-state index is 4.94. The van der Waals surface area contributed by atoms with Gasteiger partial charge in [0.05, 0.1) is 0 Å². The quantitative estimate of drug-likeness (QED) is 0.278. The zero-order valence-electron chi connectivity index (χ0n) is 18.5. The lowest BCUT2D eigenvalue weighted by Gasteiger charge is -2.25. The highest BCUT2D eigenvalue weighted by Gasteiger charge is 2.16. The largest absolute Gasteiger partial charge is 0.311 e. The maximum absolute atomic E-state index is 4.94. The SMILES string of the molecule is c1ccc(N(c2ccccc2)c2ccc(-c3nc4cccnc4n3-c3ccccc3)cc2)cc1. The Labute approximate surface area is 198 Å². The predicted octanol–water partition coefficient (Wildman–Crippen LogP) is 7.56. The topological polar surface area (TPSA) is 34.0 Å². The number of para-hydroxylation sites is 3. The van der Waals surface area contributed by atoms with E-state index in [1.54, 1.807) is 0 Å². The Hall–Kier alpha value is -4.70. The van der Waals surface area contributed by atoms with Crippen LogP contribution in [0.15, 0.2) is 134 Å². The summed E-state index contributed by atoms with van der Waals surface area (Å²) >= 11 is 0. The van der Waals surface area contributed by atoms with Gasteiger partial charge in [-0.15, -0.1) is 0 Å². The van der Waals surface area contributed by atoms with Crippen molar-refractivity contribution in [1.29, 1.82) is 0 Å². The second-order valence-electron chi connectivity index (χ2n) is 8.01. The van der Waals surface area contributed by atoms with E-state index in [0.29, 0.717) is 0 Å². The van der Waals surface area contributed by atoms with Crippen molar-refractivity contribution in [3.05, 3.63) is 134 Å². The average Bonchev–Trinajstić information content (AvgIpc) is 3.31. The number of pyridine rings is 1. The van der Waals surface area contributed by atoms with Crippen LogP contribution in [0.3, 0.4) is 0 Å². The standard InChI is InChI=1S/C30H22N4/c1-4-11-24(12-5-1)33(25-13-6-2-7-14-25)27-20-18-23(19-21-27)29-32-28-17-10-22-31-30(28)34(29)26-15-8-3-9-16-26/h1-22H. The molecule has 0 atom stereocenters. The van der Waals surface area contributed by atoms with Crippen molar-refractivity contribution >= 4 is 28.2 Å². The van der Waals surface area contributed by atoms with Crippen LogP contribution in [-0.4, -0.2) is 14.5 Å². The molecule has 6 aromatic rings. The Kier molecular flexibility index (Phi) is 5.09. The van der Waals surface area contributed by atoms with Gasteiger partial charge in [-0.05, 0) is 72.8 Å². The van der Waals surface area contributed by atoms with Crippen LogP contribution in [0.5, 0.6) is 0 Å². The summed E-state index contributed by atoms with van der Waals surface area (Å²) in [5.41, 5.74) is 7.11. The fourth-order valence-corrected chi connectivity index (χ4v) is 4.29. The van der Waals surface area contributed by atoms with Crippen LogP contribution in [0, 0.1) is 0 Å². The molecule has 0 fully saturated rings. The Bertz CT molecular complexity index is 1480. The van der Waals surface area contributed by atoms with Crippen molar-refractivity contribution in [1.82, 2.24) is 14.5 Å². The van der Waals surface area contributed by atoms with Crippen LogP contribution >= 0.6 is 0 Å². The molecule has 0 unspecified atom stereocenters. The summed E-state index contributed by atoms with van der Waals surface area (Å²) in [6, 6.07) is 43.6. The van der Waals surface area contributed by atoms with Gasteiger partial charge in [0.1, 0.15) is 11.3 Å². The first-order valence-corrected chi connectivity index (χ1v) is 11.3. The Morgan fingerprint density at radius 2 is 1.09 bits per heavy atom. The average molecular weight is 439 g/mol. The van der Waals surface area contributed by atoms with Crippen LogP contribution in [0.1, 0.15) is 0 Å². The highest BCUT2D eigenvalue weighted by atomic mass is 15.1. The molecule has 0 saturated heterocycles. The summed E-state index contributed by atoms with van der Waals surface area (Å²) in [7, 11) is 0. The maximum Gasteiger partial charge on any atom is 0.164 e. The number of imidazole rings is 1. The number of anilines is 3. The van der Waals surface area contributed by atoms with Gasteiger partial charge in [-0.2, -0.15) is 0 Å². The van der Waals surface area contributed by atoms with Crippen LogP contribution < -0.4 is 4.90 Å². The smallest absolute Gasteiger partial charge is 0.164 e. The number of fused-ring (bicyclic) bond motifs is 1. The minimum atomic E-state index is 0.850. The molecule has 4 aromatic carbocycles.